The normalized spacial score (nSPS) is 23.8. The Morgan fingerprint density at radius 3 is 2.79 bits per heavy atom. The van der Waals surface area contributed by atoms with Crippen molar-refractivity contribution in [1.29, 1.82) is 0 Å². The van der Waals surface area contributed by atoms with Crippen LogP contribution in [0.2, 0.25) is 0 Å². The number of hydrogen-bond donors (Lipinski definition) is 1. The van der Waals surface area contributed by atoms with E-state index < -0.39 is 0 Å². The maximum Gasteiger partial charge on any atom is 0.226 e. The fraction of sp³-hybridized carbons (Fsp3) is 0.632. The van der Waals surface area contributed by atoms with E-state index in [1.807, 2.05) is 19.1 Å². The van der Waals surface area contributed by atoms with Gasteiger partial charge in [-0.3, -0.25) is 4.79 Å². The Morgan fingerprint density at radius 2 is 2.12 bits per heavy atom. The average molecular weight is 395 g/mol. The van der Waals surface area contributed by atoms with Crippen LogP contribution in [0.5, 0.6) is 5.75 Å². The van der Waals surface area contributed by atoms with Crippen molar-refractivity contribution in [3.8, 4) is 5.75 Å². The third-order valence-electron chi connectivity index (χ3n) is 5.00. The predicted octanol–water partition coefficient (Wildman–Crippen LogP) is 3.86. The topological polar surface area (TPSA) is 55.6 Å². The van der Waals surface area contributed by atoms with E-state index in [0.717, 1.165) is 54.3 Å². The van der Waals surface area contributed by atoms with Crippen LogP contribution in [0.25, 0.3) is 0 Å². The van der Waals surface area contributed by atoms with E-state index in [0.29, 0.717) is 19.2 Å². The van der Waals surface area contributed by atoms with Crippen LogP contribution in [0.1, 0.15) is 51.0 Å². The predicted molar refractivity (Wildman–Crippen MR) is 98.8 cm³/mol. The van der Waals surface area contributed by atoms with Gasteiger partial charge in [0.15, 0.2) is 0 Å². The minimum absolute atomic E-state index is 0.0945. The average Bonchev–Trinajstić information content (AvgIpc) is 3.39. The van der Waals surface area contributed by atoms with Crippen molar-refractivity contribution in [3.63, 3.8) is 0 Å². The SMILES string of the molecule is CCOc1ccc(Br)cc1CN(C(=O)C1CCCC(N)C1)C1CC1. The summed E-state index contributed by atoms with van der Waals surface area (Å²) in [6, 6.07) is 6.61. The molecule has 2 aliphatic rings. The summed E-state index contributed by atoms with van der Waals surface area (Å²) in [6.45, 7) is 3.24. The molecule has 0 heterocycles. The molecule has 0 spiro atoms. The molecule has 3 rings (SSSR count). The quantitative estimate of drug-likeness (QED) is 0.796. The molecule has 2 unspecified atom stereocenters. The zero-order valence-corrected chi connectivity index (χ0v) is 15.9. The van der Waals surface area contributed by atoms with Gasteiger partial charge in [-0.15, -0.1) is 0 Å². The maximum atomic E-state index is 13.1. The molecule has 2 fully saturated rings. The van der Waals surface area contributed by atoms with Gasteiger partial charge in [-0.1, -0.05) is 22.4 Å². The Morgan fingerprint density at radius 1 is 1.33 bits per heavy atom. The van der Waals surface area contributed by atoms with E-state index >= 15 is 0 Å². The number of halogens is 1. The maximum absolute atomic E-state index is 13.1. The number of nitrogens with two attached hydrogens (primary N) is 1. The molecule has 1 amide bonds. The Labute approximate surface area is 152 Å². The van der Waals surface area contributed by atoms with Gasteiger partial charge >= 0.3 is 0 Å². The molecule has 24 heavy (non-hydrogen) atoms. The van der Waals surface area contributed by atoms with E-state index in [-0.39, 0.29) is 17.9 Å². The molecule has 2 N–H and O–H groups in total. The minimum Gasteiger partial charge on any atom is -0.494 e. The van der Waals surface area contributed by atoms with E-state index in [1.54, 1.807) is 0 Å². The molecule has 2 atom stereocenters. The Balaban J connectivity index is 1.77. The molecule has 2 saturated carbocycles. The number of hydrogen-bond acceptors (Lipinski definition) is 3. The van der Waals surface area contributed by atoms with Crippen LogP contribution in [0.3, 0.4) is 0 Å². The molecule has 5 heteroatoms. The van der Waals surface area contributed by atoms with Gasteiger partial charge in [0.2, 0.25) is 5.91 Å². The van der Waals surface area contributed by atoms with E-state index in [9.17, 15) is 4.79 Å². The lowest BCUT2D eigenvalue weighted by Crippen LogP contribution is -2.41. The number of carbonyl (C=O) groups excluding carboxylic acids is 1. The standard InChI is InChI=1S/C19H27BrN2O2/c1-2-24-18-9-6-15(20)10-14(18)12-22(17-7-8-17)19(23)13-4-3-5-16(21)11-13/h6,9-10,13,16-17H,2-5,7-8,11-12,21H2,1H3. The fourth-order valence-electron chi connectivity index (χ4n) is 3.61. The highest BCUT2D eigenvalue weighted by atomic mass is 79.9. The first-order chi connectivity index (χ1) is 11.6. The molecule has 0 radical (unpaired) electrons. The van der Waals surface area contributed by atoms with Crippen LogP contribution >= 0.6 is 15.9 Å². The zero-order valence-electron chi connectivity index (χ0n) is 14.3. The lowest BCUT2D eigenvalue weighted by atomic mass is 9.85. The van der Waals surface area contributed by atoms with Crippen molar-refractivity contribution in [2.45, 2.75) is 64.1 Å². The Kier molecular flexibility index (Phi) is 5.82. The summed E-state index contributed by atoms with van der Waals surface area (Å²) in [5.41, 5.74) is 7.17. The van der Waals surface area contributed by atoms with Gasteiger partial charge in [0.05, 0.1) is 6.61 Å². The van der Waals surface area contributed by atoms with Crippen LogP contribution in [-0.2, 0) is 11.3 Å². The molecule has 0 aromatic heterocycles. The van der Waals surface area contributed by atoms with Crippen molar-refractivity contribution >= 4 is 21.8 Å². The number of ether oxygens (including phenoxy) is 1. The number of nitrogens with zero attached hydrogens (tertiary/aromatic N) is 1. The highest BCUT2D eigenvalue weighted by molar-refractivity contribution is 9.10. The first-order valence-corrected chi connectivity index (χ1v) is 9.85. The van der Waals surface area contributed by atoms with Crippen LogP contribution in [0.15, 0.2) is 22.7 Å². The summed E-state index contributed by atoms with van der Waals surface area (Å²) >= 11 is 3.54. The second kappa shape index (κ2) is 7.87. The molecular weight excluding hydrogens is 368 g/mol. The van der Waals surface area contributed by atoms with Gasteiger partial charge in [0.1, 0.15) is 5.75 Å². The fourth-order valence-corrected chi connectivity index (χ4v) is 4.02. The monoisotopic (exact) mass is 394 g/mol. The second-order valence-electron chi connectivity index (χ2n) is 7.01. The highest BCUT2D eigenvalue weighted by Gasteiger charge is 2.37. The summed E-state index contributed by atoms with van der Waals surface area (Å²) in [5, 5.41) is 0. The highest BCUT2D eigenvalue weighted by Crippen LogP contribution is 2.35. The zero-order chi connectivity index (χ0) is 17.1. The van der Waals surface area contributed by atoms with Gasteiger partial charge in [-0.25, -0.2) is 0 Å². The van der Waals surface area contributed by atoms with Crippen LogP contribution < -0.4 is 10.5 Å². The van der Waals surface area contributed by atoms with E-state index in [2.05, 4.69) is 26.9 Å². The minimum atomic E-state index is 0.0945. The van der Waals surface area contributed by atoms with E-state index in [1.165, 1.54) is 0 Å². The van der Waals surface area contributed by atoms with Crippen molar-refractivity contribution < 1.29 is 9.53 Å². The number of rotatable bonds is 6. The first kappa shape index (κ1) is 17.7. The van der Waals surface area contributed by atoms with Gasteiger partial charge in [-0.05, 0) is 57.2 Å². The van der Waals surface area contributed by atoms with Crippen LogP contribution in [0, 0.1) is 5.92 Å². The lowest BCUT2D eigenvalue weighted by molar-refractivity contribution is -0.138. The van der Waals surface area contributed by atoms with Crippen molar-refractivity contribution in [3.05, 3.63) is 28.2 Å². The first-order valence-electron chi connectivity index (χ1n) is 9.05. The third kappa shape index (κ3) is 4.31. The van der Waals surface area contributed by atoms with Gasteiger partial charge < -0.3 is 15.4 Å². The molecular formula is C19H27BrN2O2. The van der Waals surface area contributed by atoms with Gasteiger partial charge in [-0.2, -0.15) is 0 Å². The molecule has 4 nitrogen and oxygen atoms in total. The largest absolute Gasteiger partial charge is 0.494 e. The van der Waals surface area contributed by atoms with Crippen molar-refractivity contribution in [1.82, 2.24) is 4.90 Å². The Hall–Kier alpha value is -1.07. The lowest BCUT2D eigenvalue weighted by Gasteiger charge is -2.32. The number of carbonyl (C=O) groups is 1. The molecule has 0 saturated heterocycles. The van der Waals surface area contributed by atoms with Crippen LogP contribution in [0.4, 0.5) is 0 Å². The summed E-state index contributed by atoms with van der Waals surface area (Å²) in [6.07, 6.45) is 6.15. The third-order valence-corrected chi connectivity index (χ3v) is 5.49. The van der Waals surface area contributed by atoms with Crippen molar-refractivity contribution in [2.75, 3.05) is 6.61 Å². The summed E-state index contributed by atoms with van der Waals surface area (Å²) < 4.78 is 6.77. The van der Waals surface area contributed by atoms with Gasteiger partial charge in [0.25, 0.3) is 0 Å². The van der Waals surface area contributed by atoms with Crippen LogP contribution in [-0.4, -0.2) is 29.5 Å². The summed E-state index contributed by atoms with van der Waals surface area (Å²) in [7, 11) is 0. The molecule has 2 aliphatic carbocycles. The Bertz CT molecular complexity index is 589. The smallest absolute Gasteiger partial charge is 0.226 e. The van der Waals surface area contributed by atoms with Crippen molar-refractivity contribution in [2.24, 2.45) is 11.7 Å². The molecule has 0 bridgehead atoms. The van der Waals surface area contributed by atoms with Gasteiger partial charge in [0, 0.05) is 34.6 Å². The molecule has 132 valence electrons. The number of benzene rings is 1. The second-order valence-corrected chi connectivity index (χ2v) is 7.92. The van der Waals surface area contributed by atoms with E-state index in [4.69, 9.17) is 10.5 Å². The molecule has 0 aliphatic heterocycles. The number of amides is 1. The summed E-state index contributed by atoms with van der Waals surface area (Å²) in [5.74, 6) is 1.26. The molecule has 1 aromatic carbocycles. The summed E-state index contributed by atoms with van der Waals surface area (Å²) in [4.78, 5) is 15.2. The molecule has 1 aromatic rings.